The molecule has 2 heteroatoms. The summed E-state index contributed by atoms with van der Waals surface area (Å²) in [7, 11) is 0. The van der Waals surface area contributed by atoms with Gasteiger partial charge in [0.1, 0.15) is 5.76 Å². The molecule has 0 aliphatic carbocycles. The van der Waals surface area contributed by atoms with E-state index in [0.717, 1.165) is 12.8 Å². The second kappa shape index (κ2) is 6.89. The number of allylic oxidation sites excluding steroid dienone is 2. The average molecular weight is 280 g/mol. The van der Waals surface area contributed by atoms with Gasteiger partial charge in [0.25, 0.3) is 0 Å². The standard InChI is InChI=1S/C19H20O2/c1-3-19(2,14-13-16-8-5-4-6-9-16)18(20)12-11-17-10-7-15-21-17/h3-12,15H,1,13-14H2,2H3/b12-11+. The van der Waals surface area contributed by atoms with E-state index in [4.69, 9.17) is 4.42 Å². The fourth-order valence-electron chi connectivity index (χ4n) is 2.11. The zero-order chi connectivity index (χ0) is 15.1. The Morgan fingerprint density at radius 1 is 1.24 bits per heavy atom. The van der Waals surface area contributed by atoms with Gasteiger partial charge >= 0.3 is 0 Å². The summed E-state index contributed by atoms with van der Waals surface area (Å²) in [6.07, 6.45) is 8.20. The molecule has 1 aromatic heterocycles. The van der Waals surface area contributed by atoms with E-state index in [9.17, 15) is 4.79 Å². The summed E-state index contributed by atoms with van der Waals surface area (Å²) in [5.41, 5.74) is 0.673. The maximum absolute atomic E-state index is 12.4. The van der Waals surface area contributed by atoms with E-state index < -0.39 is 5.41 Å². The predicted molar refractivity (Wildman–Crippen MR) is 85.8 cm³/mol. The predicted octanol–water partition coefficient (Wildman–Crippen LogP) is 4.69. The van der Waals surface area contributed by atoms with Gasteiger partial charge in [-0.05, 0) is 49.6 Å². The van der Waals surface area contributed by atoms with Crippen LogP contribution in [0, 0.1) is 5.41 Å². The summed E-state index contributed by atoms with van der Waals surface area (Å²) in [6.45, 7) is 5.76. The van der Waals surface area contributed by atoms with Crippen molar-refractivity contribution in [3.8, 4) is 0 Å². The molecule has 21 heavy (non-hydrogen) atoms. The first-order chi connectivity index (χ1) is 10.1. The molecule has 0 spiro atoms. The third-order valence-corrected chi connectivity index (χ3v) is 3.73. The third kappa shape index (κ3) is 4.06. The second-order valence-corrected chi connectivity index (χ2v) is 5.32. The molecule has 0 radical (unpaired) electrons. The van der Waals surface area contributed by atoms with Crippen LogP contribution in [0.5, 0.6) is 0 Å². The summed E-state index contributed by atoms with van der Waals surface area (Å²) in [6, 6.07) is 13.8. The molecule has 0 N–H and O–H groups in total. The van der Waals surface area contributed by atoms with E-state index >= 15 is 0 Å². The molecule has 0 amide bonds. The highest BCUT2D eigenvalue weighted by Crippen LogP contribution is 2.27. The van der Waals surface area contributed by atoms with Crippen LogP contribution in [0.4, 0.5) is 0 Å². The summed E-state index contributed by atoms with van der Waals surface area (Å²) >= 11 is 0. The number of furan rings is 1. The van der Waals surface area contributed by atoms with Crippen molar-refractivity contribution in [2.24, 2.45) is 5.41 Å². The molecule has 2 nitrogen and oxygen atoms in total. The Morgan fingerprint density at radius 3 is 2.62 bits per heavy atom. The van der Waals surface area contributed by atoms with Gasteiger partial charge in [0, 0.05) is 5.41 Å². The molecular formula is C19H20O2. The smallest absolute Gasteiger partial charge is 0.165 e. The van der Waals surface area contributed by atoms with E-state index in [1.165, 1.54) is 5.56 Å². The Labute approximate surface area is 125 Å². The van der Waals surface area contributed by atoms with Crippen molar-refractivity contribution < 1.29 is 9.21 Å². The molecule has 2 aromatic rings. The van der Waals surface area contributed by atoms with Crippen molar-refractivity contribution in [2.45, 2.75) is 19.8 Å². The van der Waals surface area contributed by atoms with Gasteiger partial charge in [0.2, 0.25) is 0 Å². The Hall–Kier alpha value is -2.35. The highest BCUT2D eigenvalue weighted by molar-refractivity contribution is 5.98. The van der Waals surface area contributed by atoms with Crippen LogP contribution in [-0.4, -0.2) is 5.78 Å². The maximum atomic E-state index is 12.4. The van der Waals surface area contributed by atoms with E-state index in [1.807, 2.05) is 31.2 Å². The minimum atomic E-state index is -0.557. The Morgan fingerprint density at radius 2 is 2.00 bits per heavy atom. The number of carbonyl (C=O) groups is 1. The number of aryl methyl sites for hydroxylation is 1. The molecule has 0 aliphatic rings. The van der Waals surface area contributed by atoms with Crippen LogP contribution in [0.2, 0.25) is 0 Å². The fraction of sp³-hybridized carbons (Fsp3) is 0.211. The first-order valence-corrected chi connectivity index (χ1v) is 7.07. The lowest BCUT2D eigenvalue weighted by Gasteiger charge is -2.22. The Kier molecular flexibility index (Phi) is 4.94. The highest BCUT2D eigenvalue weighted by Gasteiger charge is 2.27. The molecule has 0 saturated heterocycles. The monoisotopic (exact) mass is 280 g/mol. The zero-order valence-corrected chi connectivity index (χ0v) is 12.3. The topological polar surface area (TPSA) is 30.2 Å². The van der Waals surface area contributed by atoms with Crippen LogP contribution in [-0.2, 0) is 11.2 Å². The van der Waals surface area contributed by atoms with Gasteiger partial charge in [0.15, 0.2) is 5.78 Å². The van der Waals surface area contributed by atoms with Crippen LogP contribution < -0.4 is 0 Å². The van der Waals surface area contributed by atoms with Crippen molar-refractivity contribution in [2.75, 3.05) is 0 Å². The fourth-order valence-corrected chi connectivity index (χ4v) is 2.11. The quantitative estimate of drug-likeness (QED) is 0.544. The molecule has 1 unspecified atom stereocenters. The summed E-state index contributed by atoms with van der Waals surface area (Å²) in [5, 5.41) is 0. The van der Waals surface area contributed by atoms with Crippen molar-refractivity contribution in [3.63, 3.8) is 0 Å². The number of ketones is 1. The van der Waals surface area contributed by atoms with Gasteiger partial charge in [-0.25, -0.2) is 0 Å². The Bertz CT molecular complexity index is 608. The lowest BCUT2D eigenvalue weighted by Crippen LogP contribution is -2.24. The summed E-state index contributed by atoms with van der Waals surface area (Å²) in [5.74, 6) is 0.725. The largest absolute Gasteiger partial charge is 0.465 e. The minimum absolute atomic E-state index is 0.0461. The van der Waals surface area contributed by atoms with Gasteiger partial charge in [0.05, 0.1) is 6.26 Å². The second-order valence-electron chi connectivity index (χ2n) is 5.32. The lowest BCUT2D eigenvalue weighted by atomic mass is 9.80. The molecular weight excluding hydrogens is 260 g/mol. The van der Waals surface area contributed by atoms with E-state index in [-0.39, 0.29) is 5.78 Å². The number of benzene rings is 1. The van der Waals surface area contributed by atoms with Gasteiger partial charge in [-0.3, -0.25) is 4.79 Å². The van der Waals surface area contributed by atoms with Gasteiger partial charge in [-0.2, -0.15) is 0 Å². The zero-order valence-electron chi connectivity index (χ0n) is 12.3. The molecule has 0 fully saturated rings. The van der Waals surface area contributed by atoms with Crippen LogP contribution in [0.25, 0.3) is 6.08 Å². The molecule has 0 saturated carbocycles. The van der Waals surface area contributed by atoms with E-state index in [1.54, 1.807) is 30.6 Å². The molecule has 1 heterocycles. The number of carbonyl (C=O) groups excluding carboxylic acids is 1. The maximum Gasteiger partial charge on any atom is 0.165 e. The van der Waals surface area contributed by atoms with Crippen LogP contribution in [0.1, 0.15) is 24.7 Å². The van der Waals surface area contributed by atoms with E-state index in [2.05, 4.69) is 18.7 Å². The van der Waals surface area contributed by atoms with Crippen LogP contribution >= 0.6 is 0 Å². The summed E-state index contributed by atoms with van der Waals surface area (Å²) < 4.78 is 5.19. The van der Waals surface area contributed by atoms with Crippen LogP contribution in [0.3, 0.4) is 0 Å². The van der Waals surface area contributed by atoms with Gasteiger partial charge in [-0.15, -0.1) is 6.58 Å². The normalized spacial score (nSPS) is 14.0. The summed E-state index contributed by atoms with van der Waals surface area (Å²) in [4.78, 5) is 12.4. The number of hydrogen-bond donors (Lipinski definition) is 0. The molecule has 2 rings (SSSR count). The van der Waals surface area contributed by atoms with Crippen molar-refractivity contribution in [1.82, 2.24) is 0 Å². The van der Waals surface area contributed by atoms with E-state index in [0.29, 0.717) is 5.76 Å². The van der Waals surface area contributed by atoms with Gasteiger partial charge in [-0.1, -0.05) is 36.4 Å². The van der Waals surface area contributed by atoms with Crippen molar-refractivity contribution >= 4 is 11.9 Å². The minimum Gasteiger partial charge on any atom is -0.465 e. The Balaban J connectivity index is 2.02. The lowest BCUT2D eigenvalue weighted by molar-refractivity contribution is -0.121. The molecule has 0 aliphatic heterocycles. The van der Waals surface area contributed by atoms with Gasteiger partial charge < -0.3 is 4.42 Å². The van der Waals surface area contributed by atoms with Crippen molar-refractivity contribution in [1.29, 1.82) is 0 Å². The van der Waals surface area contributed by atoms with Crippen LogP contribution in [0.15, 0.2) is 71.9 Å². The number of hydrogen-bond acceptors (Lipinski definition) is 2. The first-order valence-electron chi connectivity index (χ1n) is 7.07. The molecule has 0 bridgehead atoms. The highest BCUT2D eigenvalue weighted by atomic mass is 16.3. The molecule has 108 valence electrons. The first kappa shape index (κ1) is 15.0. The number of rotatable bonds is 7. The van der Waals surface area contributed by atoms with Crippen molar-refractivity contribution in [3.05, 3.63) is 78.8 Å². The molecule has 1 aromatic carbocycles. The molecule has 1 atom stereocenters. The SMILES string of the molecule is C=CC(C)(CCc1ccccc1)C(=O)/C=C/c1ccco1. The third-order valence-electron chi connectivity index (χ3n) is 3.73. The average Bonchev–Trinajstić information content (AvgIpc) is 3.04.